The van der Waals surface area contributed by atoms with Crippen LogP contribution in [-0.2, 0) is 9.53 Å². The maximum absolute atomic E-state index is 12.7. The van der Waals surface area contributed by atoms with Gasteiger partial charge in [-0.1, -0.05) is 13.8 Å². The van der Waals surface area contributed by atoms with E-state index in [0.29, 0.717) is 0 Å². The molecule has 0 aromatic heterocycles. The molecule has 21 heavy (non-hydrogen) atoms. The molecule has 0 bridgehead atoms. The standard InChI is InChI=1S/C13H22F3NO4/c1-8(2)12(9(18)19,6-13(14,15)16)7-17-10(20)21-11(3,4)5/h8H,6-7H2,1-5H3,(H,17,20)(H,18,19). The summed E-state index contributed by atoms with van der Waals surface area (Å²) in [5.74, 6) is -2.43. The molecule has 0 aromatic rings. The van der Waals surface area contributed by atoms with Crippen LogP contribution < -0.4 is 5.32 Å². The molecule has 1 amide bonds. The van der Waals surface area contributed by atoms with Crippen molar-refractivity contribution >= 4 is 12.1 Å². The number of aliphatic carboxylic acids is 1. The molecule has 8 heteroatoms. The SMILES string of the molecule is CC(C)C(CNC(=O)OC(C)(C)C)(CC(F)(F)F)C(=O)O. The second kappa shape index (κ2) is 6.53. The van der Waals surface area contributed by atoms with E-state index in [1.54, 1.807) is 20.8 Å². The van der Waals surface area contributed by atoms with Crippen LogP contribution in [0.15, 0.2) is 0 Å². The number of halogens is 3. The Morgan fingerprint density at radius 3 is 1.95 bits per heavy atom. The molecule has 0 heterocycles. The van der Waals surface area contributed by atoms with Crippen molar-refractivity contribution in [2.24, 2.45) is 11.3 Å². The molecule has 0 fully saturated rings. The Labute approximate surface area is 121 Å². The average molecular weight is 313 g/mol. The van der Waals surface area contributed by atoms with E-state index in [1.807, 2.05) is 0 Å². The fourth-order valence-electron chi connectivity index (χ4n) is 1.77. The molecule has 124 valence electrons. The van der Waals surface area contributed by atoms with E-state index in [2.05, 4.69) is 5.32 Å². The van der Waals surface area contributed by atoms with E-state index in [1.165, 1.54) is 13.8 Å². The summed E-state index contributed by atoms with van der Waals surface area (Å²) in [6.45, 7) is 6.86. The average Bonchev–Trinajstić information content (AvgIpc) is 2.19. The van der Waals surface area contributed by atoms with Crippen LogP contribution in [0.4, 0.5) is 18.0 Å². The topological polar surface area (TPSA) is 75.6 Å². The Morgan fingerprint density at radius 2 is 1.67 bits per heavy atom. The zero-order valence-corrected chi connectivity index (χ0v) is 12.8. The summed E-state index contributed by atoms with van der Waals surface area (Å²) in [4.78, 5) is 22.9. The molecular formula is C13H22F3NO4. The first-order valence-electron chi connectivity index (χ1n) is 6.46. The number of rotatable bonds is 5. The molecule has 0 aliphatic rings. The lowest BCUT2D eigenvalue weighted by atomic mass is 9.74. The largest absolute Gasteiger partial charge is 0.481 e. The van der Waals surface area contributed by atoms with Gasteiger partial charge in [-0.05, 0) is 26.7 Å². The minimum absolute atomic E-state index is 0.658. The van der Waals surface area contributed by atoms with Gasteiger partial charge in [-0.25, -0.2) is 4.79 Å². The van der Waals surface area contributed by atoms with Crippen molar-refractivity contribution in [2.75, 3.05) is 6.54 Å². The number of carboxylic acids is 1. The van der Waals surface area contributed by atoms with Crippen molar-refractivity contribution in [2.45, 2.75) is 52.8 Å². The van der Waals surface area contributed by atoms with Gasteiger partial charge in [0.25, 0.3) is 0 Å². The quantitative estimate of drug-likeness (QED) is 0.817. The van der Waals surface area contributed by atoms with Crippen molar-refractivity contribution in [3.8, 4) is 0 Å². The maximum Gasteiger partial charge on any atom is 0.407 e. The van der Waals surface area contributed by atoms with E-state index in [4.69, 9.17) is 4.74 Å². The number of carbonyl (C=O) groups is 2. The minimum atomic E-state index is -4.65. The zero-order valence-electron chi connectivity index (χ0n) is 12.8. The van der Waals surface area contributed by atoms with Crippen LogP contribution in [0.2, 0.25) is 0 Å². The molecule has 5 nitrogen and oxygen atoms in total. The molecular weight excluding hydrogens is 291 g/mol. The van der Waals surface area contributed by atoms with Crippen molar-refractivity contribution in [3.05, 3.63) is 0 Å². The molecule has 1 unspecified atom stereocenters. The third-order valence-corrected chi connectivity index (χ3v) is 2.99. The van der Waals surface area contributed by atoms with E-state index in [0.717, 1.165) is 0 Å². The number of hydrogen-bond donors (Lipinski definition) is 2. The van der Waals surface area contributed by atoms with E-state index < -0.39 is 48.1 Å². The van der Waals surface area contributed by atoms with Gasteiger partial charge in [0, 0.05) is 6.54 Å². The molecule has 1 atom stereocenters. The molecule has 0 saturated heterocycles. The maximum atomic E-state index is 12.7. The Kier molecular flexibility index (Phi) is 6.07. The van der Waals surface area contributed by atoms with Crippen LogP contribution in [0, 0.1) is 11.3 Å². The summed E-state index contributed by atoms with van der Waals surface area (Å²) in [5, 5.41) is 11.3. The van der Waals surface area contributed by atoms with Gasteiger partial charge >= 0.3 is 18.2 Å². The van der Waals surface area contributed by atoms with Gasteiger partial charge in [-0.15, -0.1) is 0 Å². The number of carbonyl (C=O) groups excluding carboxylic acids is 1. The lowest BCUT2D eigenvalue weighted by molar-refractivity contribution is -0.184. The predicted molar refractivity (Wildman–Crippen MR) is 69.8 cm³/mol. The van der Waals surface area contributed by atoms with Crippen LogP contribution >= 0.6 is 0 Å². The fraction of sp³-hybridized carbons (Fsp3) is 0.846. The summed E-state index contributed by atoms with van der Waals surface area (Å²) in [7, 11) is 0. The van der Waals surface area contributed by atoms with Gasteiger partial charge in [-0.3, -0.25) is 4.79 Å². The monoisotopic (exact) mass is 313 g/mol. The van der Waals surface area contributed by atoms with Crippen LogP contribution in [0.25, 0.3) is 0 Å². The minimum Gasteiger partial charge on any atom is -0.481 e. The van der Waals surface area contributed by atoms with Crippen LogP contribution in [-0.4, -0.2) is 35.5 Å². The zero-order chi connectivity index (χ0) is 17.1. The molecule has 0 aromatic carbocycles. The molecule has 2 N–H and O–H groups in total. The van der Waals surface area contributed by atoms with E-state index in [-0.39, 0.29) is 0 Å². The van der Waals surface area contributed by atoms with Crippen molar-refractivity contribution in [1.82, 2.24) is 5.32 Å². The highest BCUT2D eigenvalue weighted by molar-refractivity contribution is 5.77. The predicted octanol–water partition coefficient (Wildman–Crippen LogP) is 3.19. The highest BCUT2D eigenvalue weighted by Crippen LogP contribution is 2.39. The molecule has 0 radical (unpaired) electrons. The first kappa shape index (κ1) is 19.5. The van der Waals surface area contributed by atoms with Crippen LogP contribution in [0.5, 0.6) is 0 Å². The lowest BCUT2D eigenvalue weighted by Crippen LogP contribution is -2.49. The second-order valence-corrected chi connectivity index (χ2v) is 6.26. The third-order valence-electron chi connectivity index (χ3n) is 2.99. The Morgan fingerprint density at radius 1 is 1.19 bits per heavy atom. The van der Waals surface area contributed by atoms with Crippen molar-refractivity contribution < 1.29 is 32.6 Å². The number of hydrogen-bond acceptors (Lipinski definition) is 3. The first-order chi connectivity index (χ1) is 9.19. The fourth-order valence-corrected chi connectivity index (χ4v) is 1.77. The van der Waals surface area contributed by atoms with Gasteiger partial charge in [0.2, 0.25) is 0 Å². The van der Waals surface area contributed by atoms with Gasteiger partial charge in [0.05, 0.1) is 11.8 Å². The van der Waals surface area contributed by atoms with Gasteiger partial charge < -0.3 is 15.2 Å². The molecule has 0 saturated carbocycles. The summed E-state index contributed by atoms with van der Waals surface area (Å²) in [6.07, 6.45) is -7.13. The summed E-state index contributed by atoms with van der Waals surface area (Å²) >= 11 is 0. The second-order valence-electron chi connectivity index (χ2n) is 6.26. The Bertz CT molecular complexity index is 388. The summed E-state index contributed by atoms with van der Waals surface area (Å²) < 4.78 is 42.9. The molecule has 0 spiro atoms. The summed E-state index contributed by atoms with van der Waals surface area (Å²) in [6, 6.07) is 0. The highest BCUT2D eigenvalue weighted by atomic mass is 19.4. The van der Waals surface area contributed by atoms with Crippen LogP contribution in [0.1, 0.15) is 41.0 Å². The van der Waals surface area contributed by atoms with Crippen molar-refractivity contribution in [1.29, 1.82) is 0 Å². The lowest BCUT2D eigenvalue weighted by Gasteiger charge is -2.34. The first-order valence-corrected chi connectivity index (χ1v) is 6.46. The summed E-state index contributed by atoms with van der Waals surface area (Å²) in [5.41, 5.74) is -2.95. The van der Waals surface area contributed by atoms with Gasteiger partial charge in [-0.2, -0.15) is 13.2 Å². The number of alkyl halides is 3. The Hall–Kier alpha value is -1.47. The van der Waals surface area contributed by atoms with Gasteiger partial charge in [0.1, 0.15) is 5.60 Å². The van der Waals surface area contributed by atoms with Crippen LogP contribution in [0.3, 0.4) is 0 Å². The number of ether oxygens (including phenoxy) is 1. The smallest absolute Gasteiger partial charge is 0.407 e. The van der Waals surface area contributed by atoms with Crippen molar-refractivity contribution in [3.63, 3.8) is 0 Å². The van der Waals surface area contributed by atoms with E-state index in [9.17, 15) is 27.9 Å². The molecule has 0 rings (SSSR count). The normalized spacial score (nSPS) is 15.5. The van der Waals surface area contributed by atoms with Gasteiger partial charge in [0.15, 0.2) is 0 Å². The molecule has 0 aliphatic heterocycles. The highest BCUT2D eigenvalue weighted by Gasteiger charge is 2.50. The van der Waals surface area contributed by atoms with E-state index >= 15 is 0 Å². The third kappa shape index (κ3) is 6.68. The number of amides is 1. The number of carboxylic acid groups (broad SMARTS) is 1. The molecule has 0 aliphatic carbocycles. The number of nitrogens with one attached hydrogen (secondary N) is 1. The Balaban J connectivity index is 5.09. The number of alkyl carbamates (subject to hydrolysis) is 1.